The Balaban J connectivity index is 1.70. The van der Waals surface area contributed by atoms with E-state index in [1.165, 1.54) is 6.92 Å². The molecular weight excluding hydrogens is 362 g/mol. The number of nitrogens with zero attached hydrogens (tertiary/aromatic N) is 1. The second kappa shape index (κ2) is 12.6. The third kappa shape index (κ3) is 8.75. The lowest BCUT2D eigenvalue weighted by molar-refractivity contribution is -0.114. The second-order valence-corrected chi connectivity index (χ2v) is 5.83. The van der Waals surface area contributed by atoms with Crippen molar-refractivity contribution in [1.82, 2.24) is 4.98 Å². The van der Waals surface area contributed by atoms with Crippen LogP contribution in [0.5, 0.6) is 5.88 Å². The van der Waals surface area contributed by atoms with Crippen molar-refractivity contribution >= 4 is 23.7 Å². The highest BCUT2D eigenvalue weighted by Crippen LogP contribution is 2.14. The molecule has 1 heterocycles. The third-order valence-electron chi connectivity index (χ3n) is 3.53. The van der Waals surface area contributed by atoms with Crippen molar-refractivity contribution in [2.24, 2.45) is 0 Å². The van der Waals surface area contributed by atoms with Crippen LogP contribution in [0.15, 0.2) is 42.6 Å². The van der Waals surface area contributed by atoms with Crippen LogP contribution in [0, 0.1) is 0 Å². The molecule has 6 nitrogen and oxygen atoms in total. The summed E-state index contributed by atoms with van der Waals surface area (Å²) in [4.78, 5) is 15.3. The summed E-state index contributed by atoms with van der Waals surface area (Å²) in [6.07, 6.45) is 5.64. The molecule has 0 bridgehead atoms. The van der Waals surface area contributed by atoms with Gasteiger partial charge in [0.25, 0.3) is 0 Å². The number of anilines is 1. The van der Waals surface area contributed by atoms with Gasteiger partial charge in [0.2, 0.25) is 11.8 Å². The van der Waals surface area contributed by atoms with Gasteiger partial charge in [0, 0.05) is 24.9 Å². The van der Waals surface area contributed by atoms with E-state index in [2.05, 4.69) is 10.3 Å². The molecule has 0 spiro atoms. The molecule has 150 valence electrons. The summed E-state index contributed by atoms with van der Waals surface area (Å²) < 4.78 is 27.6. The number of ether oxygens (including phenoxy) is 3. The molecule has 7 heteroatoms. The first kappa shape index (κ1) is 21.5. The van der Waals surface area contributed by atoms with E-state index in [0.717, 1.165) is 16.8 Å². The van der Waals surface area contributed by atoms with Crippen LogP contribution in [-0.2, 0) is 14.3 Å². The van der Waals surface area contributed by atoms with Gasteiger partial charge in [-0.1, -0.05) is 24.3 Å². The van der Waals surface area contributed by atoms with Gasteiger partial charge in [-0.3, -0.25) is 4.79 Å². The highest BCUT2D eigenvalue weighted by Gasteiger charge is 1.97. The molecule has 0 saturated heterocycles. The molecule has 0 aliphatic rings. The number of alkyl halides is 1. The maximum absolute atomic E-state index is 11.8. The minimum Gasteiger partial charge on any atom is -0.475 e. The first-order valence-corrected chi connectivity index (χ1v) is 9.03. The van der Waals surface area contributed by atoms with Crippen LogP contribution in [0.3, 0.4) is 0 Å². The smallest absolute Gasteiger partial charge is 0.221 e. The second-order valence-electron chi connectivity index (χ2n) is 5.83. The van der Waals surface area contributed by atoms with Gasteiger partial charge >= 0.3 is 0 Å². The Morgan fingerprint density at radius 1 is 0.964 bits per heavy atom. The standard InChI is InChI=1S/C21H25FN2O4/c1-17(25)24-20-7-4-18(5-8-20)2-3-19-6-9-21(23-16-19)28-15-14-27-13-12-26-11-10-22/h2-9,16H,10-15H2,1H3,(H,24,25)/b3-2+/i22-1. The number of nitrogens with one attached hydrogen (secondary N) is 1. The number of carbonyl (C=O) groups excluding carboxylic acids is 1. The summed E-state index contributed by atoms with van der Waals surface area (Å²) in [6.45, 7) is 2.68. The third-order valence-corrected chi connectivity index (χ3v) is 3.53. The minimum absolute atomic E-state index is 0.0918. The van der Waals surface area contributed by atoms with E-state index in [0.29, 0.717) is 32.3 Å². The van der Waals surface area contributed by atoms with Crippen LogP contribution in [0.4, 0.5) is 10.1 Å². The quantitative estimate of drug-likeness (QED) is 0.564. The van der Waals surface area contributed by atoms with Gasteiger partial charge in [0.05, 0.1) is 26.4 Å². The van der Waals surface area contributed by atoms with Crippen LogP contribution >= 0.6 is 0 Å². The molecular formula is C21H25FN2O4. The van der Waals surface area contributed by atoms with Gasteiger partial charge in [-0.05, 0) is 29.3 Å². The first-order chi connectivity index (χ1) is 13.7. The number of amides is 1. The zero-order valence-corrected chi connectivity index (χ0v) is 15.9. The van der Waals surface area contributed by atoms with E-state index in [-0.39, 0.29) is 12.5 Å². The van der Waals surface area contributed by atoms with E-state index in [9.17, 15) is 9.18 Å². The minimum atomic E-state index is -0.481. The average molecular weight is 387 g/mol. The van der Waals surface area contributed by atoms with Crippen molar-refractivity contribution < 1.29 is 23.4 Å². The molecule has 1 N–H and O–H groups in total. The molecule has 0 atom stereocenters. The van der Waals surface area contributed by atoms with Crippen molar-refractivity contribution in [2.75, 3.05) is 45.0 Å². The number of aromatic nitrogens is 1. The Labute approximate surface area is 164 Å². The fourth-order valence-electron chi connectivity index (χ4n) is 2.23. The summed E-state index contributed by atoms with van der Waals surface area (Å²) in [5, 5.41) is 2.73. The Morgan fingerprint density at radius 2 is 1.61 bits per heavy atom. The van der Waals surface area contributed by atoms with Crippen molar-refractivity contribution in [3.05, 3.63) is 53.7 Å². The first-order valence-electron chi connectivity index (χ1n) is 9.03. The molecule has 2 rings (SSSR count). The van der Waals surface area contributed by atoms with E-state index in [4.69, 9.17) is 14.2 Å². The van der Waals surface area contributed by atoms with Crippen LogP contribution in [-0.4, -0.2) is 50.6 Å². The summed E-state index contributed by atoms with van der Waals surface area (Å²) >= 11 is 0. The molecule has 1 amide bonds. The molecule has 28 heavy (non-hydrogen) atoms. The molecule has 0 saturated carbocycles. The topological polar surface area (TPSA) is 69.7 Å². The van der Waals surface area contributed by atoms with Crippen molar-refractivity contribution in [2.45, 2.75) is 6.92 Å². The van der Waals surface area contributed by atoms with Crippen molar-refractivity contribution in [3.8, 4) is 5.88 Å². The Morgan fingerprint density at radius 3 is 2.25 bits per heavy atom. The number of rotatable bonds is 12. The number of hydrogen-bond donors (Lipinski definition) is 1. The number of benzene rings is 1. The van der Waals surface area contributed by atoms with Gasteiger partial charge in [-0.2, -0.15) is 0 Å². The maximum Gasteiger partial charge on any atom is 0.221 e. The van der Waals surface area contributed by atoms with Gasteiger partial charge in [-0.15, -0.1) is 0 Å². The zero-order valence-electron chi connectivity index (χ0n) is 15.9. The van der Waals surface area contributed by atoms with Gasteiger partial charge in [-0.25, -0.2) is 9.37 Å². The maximum atomic E-state index is 11.8. The lowest BCUT2D eigenvalue weighted by atomic mass is 10.1. The number of halogens is 1. The summed E-state index contributed by atoms with van der Waals surface area (Å²) in [5.74, 6) is 0.430. The van der Waals surface area contributed by atoms with Crippen LogP contribution in [0.2, 0.25) is 0 Å². The lowest BCUT2D eigenvalue weighted by Crippen LogP contribution is -2.11. The lowest BCUT2D eigenvalue weighted by Gasteiger charge is -2.07. The highest BCUT2D eigenvalue weighted by molar-refractivity contribution is 5.88. The normalized spacial score (nSPS) is 10.9. The fourth-order valence-corrected chi connectivity index (χ4v) is 2.23. The van der Waals surface area contributed by atoms with E-state index >= 15 is 0 Å². The summed E-state index contributed by atoms with van der Waals surface area (Å²) in [5.41, 5.74) is 2.73. The molecule has 1 aromatic heterocycles. The monoisotopic (exact) mass is 387 g/mol. The largest absolute Gasteiger partial charge is 0.475 e. The van der Waals surface area contributed by atoms with Gasteiger partial charge in [0.1, 0.15) is 13.3 Å². The average Bonchev–Trinajstić information content (AvgIpc) is 2.70. The molecule has 0 radical (unpaired) electrons. The fraction of sp³-hybridized carbons (Fsp3) is 0.333. The molecule has 0 fully saturated rings. The van der Waals surface area contributed by atoms with Crippen molar-refractivity contribution in [3.63, 3.8) is 0 Å². The molecule has 2 aromatic rings. The van der Waals surface area contributed by atoms with E-state index < -0.39 is 6.67 Å². The Hall–Kier alpha value is -2.77. The number of pyridine rings is 1. The van der Waals surface area contributed by atoms with E-state index in [1.807, 2.05) is 42.5 Å². The van der Waals surface area contributed by atoms with Gasteiger partial charge in [0.15, 0.2) is 0 Å². The molecule has 1 aromatic carbocycles. The van der Waals surface area contributed by atoms with Crippen LogP contribution < -0.4 is 10.1 Å². The zero-order chi connectivity index (χ0) is 20.0. The number of carbonyl (C=O) groups is 1. The van der Waals surface area contributed by atoms with E-state index in [1.54, 1.807) is 12.3 Å². The molecule has 0 aliphatic carbocycles. The Kier molecular flexibility index (Phi) is 9.68. The predicted octanol–water partition coefficient (Wildman–Crippen LogP) is 3.59. The number of hydrogen-bond acceptors (Lipinski definition) is 5. The van der Waals surface area contributed by atoms with Crippen LogP contribution in [0.1, 0.15) is 18.1 Å². The SMILES string of the molecule is CC(=O)Nc1ccc(/C=C/c2ccc(OCCOCCOCC[18F])nc2)cc1. The molecule has 0 unspecified atom stereocenters. The van der Waals surface area contributed by atoms with Crippen molar-refractivity contribution in [1.29, 1.82) is 0 Å². The highest BCUT2D eigenvalue weighted by atomic mass is 18.2. The van der Waals surface area contributed by atoms with Gasteiger partial charge < -0.3 is 19.5 Å². The predicted molar refractivity (Wildman–Crippen MR) is 107 cm³/mol. The van der Waals surface area contributed by atoms with Crippen LogP contribution in [0.25, 0.3) is 12.2 Å². The summed E-state index contributed by atoms with van der Waals surface area (Å²) in [6, 6.07) is 11.3. The molecule has 0 aliphatic heterocycles. The Bertz CT molecular complexity index is 733. The summed E-state index contributed by atoms with van der Waals surface area (Å²) in [7, 11) is 0.